The van der Waals surface area contributed by atoms with E-state index in [0.29, 0.717) is 22.1 Å². The largest absolute Gasteiger partial charge is 0.424 e. The Hall–Kier alpha value is -3.12. The highest BCUT2D eigenvalue weighted by Gasteiger charge is 2.06. The van der Waals surface area contributed by atoms with Gasteiger partial charge in [-0.25, -0.2) is 14.8 Å². The van der Waals surface area contributed by atoms with E-state index < -0.39 is 0 Å². The van der Waals surface area contributed by atoms with Gasteiger partial charge in [0.25, 0.3) is 0 Å². The third kappa shape index (κ3) is 4.94. The van der Waals surface area contributed by atoms with Crippen LogP contribution < -0.4 is 15.4 Å². The number of rotatable bonds is 4. The Morgan fingerprint density at radius 2 is 1.54 bits per heavy atom. The molecule has 7 heteroatoms. The summed E-state index contributed by atoms with van der Waals surface area (Å²) < 4.78 is 5.68. The van der Waals surface area contributed by atoms with E-state index in [9.17, 15) is 4.79 Å². The van der Waals surface area contributed by atoms with Crippen molar-refractivity contribution in [2.24, 2.45) is 0 Å². The third-order valence-electron chi connectivity index (χ3n) is 3.35. The average molecular weight is 369 g/mol. The third-order valence-corrected chi connectivity index (χ3v) is 3.58. The molecular formula is C19H17ClN4O2. The fourth-order valence-electron chi connectivity index (χ4n) is 2.34. The van der Waals surface area contributed by atoms with Crippen LogP contribution in [0, 0.1) is 13.8 Å². The van der Waals surface area contributed by atoms with Crippen molar-refractivity contribution in [1.82, 2.24) is 9.97 Å². The molecule has 132 valence electrons. The van der Waals surface area contributed by atoms with E-state index in [0.717, 1.165) is 11.4 Å². The molecule has 0 spiro atoms. The Bertz CT molecular complexity index is 926. The number of hydrogen-bond donors (Lipinski definition) is 2. The molecule has 3 rings (SSSR count). The Labute approximate surface area is 156 Å². The van der Waals surface area contributed by atoms with Crippen molar-refractivity contribution in [2.75, 3.05) is 10.6 Å². The molecule has 6 nitrogen and oxygen atoms in total. The maximum atomic E-state index is 12.1. The van der Waals surface area contributed by atoms with Gasteiger partial charge in [-0.15, -0.1) is 0 Å². The van der Waals surface area contributed by atoms with E-state index in [1.807, 2.05) is 19.9 Å². The number of aromatic nitrogens is 2. The van der Waals surface area contributed by atoms with E-state index in [-0.39, 0.29) is 12.0 Å². The minimum absolute atomic E-state index is 0.267. The maximum Gasteiger partial charge on any atom is 0.323 e. The van der Waals surface area contributed by atoms with Gasteiger partial charge in [0, 0.05) is 33.9 Å². The number of anilines is 2. The van der Waals surface area contributed by atoms with Gasteiger partial charge >= 0.3 is 12.0 Å². The first-order chi connectivity index (χ1) is 12.5. The summed E-state index contributed by atoms with van der Waals surface area (Å²) in [5.74, 6) is 0.524. The number of nitrogens with one attached hydrogen (secondary N) is 2. The molecule has 0 aliphatic heterocycles. The van der Waals surface area contributed by atoms with Crippen LogP contribution in [0.3, 0.4) is 0 Å². The first kappa shape index (κ1) is 17.7. The van der Waals surface area contributed by atoms with Crippen LogP contribution >= 0.6 is 11.6 Å². The summed E-state index contributed by atoms with van der Waals surface area (Å²) in [4.78, 5) is 20.6. The highest BCUT2D eigenvalue weighted by molar-refractivity contribution is 6.30. The van der Waals surface area contributed by atoms with E-state index >= 15 is 0 Å². The minimum Gasteiger partial charge on any atom is -0.424 e. The molecule has 3 aromatic rings. The molecule has 0 radical (unpaired) electrons. The van der Waals surface area contributed by atoms with Crippen LogP contribution in [0.2, 0.25) is 5.02 Å². The lowest BCUT2D eigenvalue weighted by Crippen LogP contribution is -2.19. The van der Waals surface area contributed by atoms with Crippen LogP contribution in [0.25, 0.3) is 0 Å². The fraction of sp³-hybridized carbons (Fsp3) is 0.105. The molecule has 0 bridgehead atoms. The van der Waals surface area contributed by atoms with Crippen LogP contribution in [0.4, 0.5) is 16.2 Å². The summed E-state index contributed by atoms with van der Waals surface area (Å²) in [6, 6.07) is 15.6. The number of nitrogens with zero attached hydrogens (tertiary/aromatic N) is 2. The van der Waals surface area contributed by atoms with Gasteiger partial charge in [-0.2, -0.15) is 0 Å². The topological polar surface area (TPSA) is 76.1 Å². The lowest BCUT2D eigenvalue weighted by molar-refractivity contribution is 0.262. The highest BCUT2D eigenvalue weighted by atomic mass is 35.5. The van der Waals surface area contributed by atoms with Crippen molar-refractivity contribution in [3.05, 3.63) is 71.0 Å². The summed E-state index contributed by atoms with van der Waals surface area (Å²) in [6.45, 7) is 3.75. The van der Waals surface area contributed by atoms with Crippen molar-refractivity contribution in [2.45, 2.75) is 13.8 Å². The molecule has 0 unspecified atom stereocenters. The number of hydrogen-bond acceptors (Lipinski definition) is 4. The molecule has 0 fully saturated rings. The summed E-state index contributed by atoms with van der Waals surface area (Å²) in [6.07, 6.45) is 0. The van der Waals surface area contributed by atoms with Crippen LogP contribution in [-0.4, -0.2) is 16.0 Å². The molecule has 2 aromatic carbocycles. The van der Waals surface area contributed by atoms with Gasteiger partial charge < -0.3 is 15.4 Å². The number of halogens is 1. The number of aryl methyl sites for hydroxylation is 2. The van der Waals surface area contributed by atoms with Gasteiger partial charge in [-0.05, 0) is 50.2 Å². The molecule has 0 saturated heterocycles. The Balaban J connectivity index is 1.67. The van der Waals surface area contributed by atoms with Gasteiger partial charge in [0.2, 0.25) is 0 Å². The van der Waals surface area contributed by atoms with Crippen molar-refractivity contribution >= 4 is 29.0 Å². The highest BCUT2D eigenvalue weighted by Crippen LogP contribution is 2.22. The zero-order valence-electron chi connectivity index (χ0n) is 14.3. The van der Waals surface area contributed by atoms with E-state index in [1.165, 1.54) is 0 Å². The predicted molar refractivity (Wildman–Crippen MR) is 102 cm³/mol. The summed E-state index contributed by atoms with van der Waals surface area (Å²) in [5.41, 5.74) is 2.82. The molecule has 2 N–H and O–H groups in total. The molecule has 1 aromatic heterocycles. The Kier molecular flexibility index (Phi) is 5.34. The SMILES string of the molecule is Cc1cc(C)nc(Oc2cccc(NC(=O)Nc3cccc(Cl)c3)c2)n1. The molecule has 26 heavy (non-hydrogen) atoms. The molecular weight excluding hydrogens is 352 g/mol. The zero-order chi connectivity index (χ0) is 18.5. The second kappa shape index (κ2) is 7.84. The van der Waals surface area contributed by atoms with E-state index in [1.54, 1.807) is 48.5 Å². The predicted octanol–water partition coefficient (Wildman–Crippen LogP) is 5.18. The number of carbonyl (C=O) groups is 1. The molecule has 0 saturated carbocycles. The van der Waals surface area contributed by atoms with Gasteiger partial charge in [0.05, 0.1) is 0 Å². The molecule has 1 heterocycles. The van der Waals surface area contributed by atoms with Crippen molar-refractivity contribution in [1.29, 1.82) is 0 Å². The first-order valence-electron chi connectivity index (χ1n) is 7.92. The lowest BCUT2D eigenvalue weighted by Gasteiger charge is -2.10. The second-order valence-corrected chi connectivity index (χ2v) is 6.09. The summed E-state index contributed by atoms with van der Waals surface area (Å²) >= 11 is 5.91. The van der Waals surface area contributed by atoms with Crippen molar-refractivity contribution in [3.63, 3.8) is 0 Å². The average Bonchev–Trinajstić information content (AvgIpc) is 2.54. The van der Waals surface area contributed by atoms with Gasteiger partial charge in [-0.3, -0.25) is 0 Å². The Morgan fingerprint density at radius 1 is 0.923 bits per heavy atom. The Morgan fingerprint density at radius 3 is 2.19 bits per heavy atom. The fourth-order valence-corrected chi connectivity index (χ4v) is 2.53. The van der Waals surface area contributed by atoms with Crippen LogP contribution in [-0.2, 0) is 0 Å². The maximum absolute atomic E-state index is 12.1. The first-order valence-corrected chi connectivity index (χ1v) is 8.29. The van der Waals surface area contributed by atoms with Crippen LogP contribution in [0.1, 0.15) is 11.4 Å². The smallest absolute Gasteiger partial charge is 0.323 e. The monoisotopic (exact) mass is 368 g/mol. The van der Waals surface area contributed by atoms with Gasteiger partial charge in [0.1, 0.15) is 5.75 Å². The summed E-state index contributed by atoms with van der Waals surface area (Å²) in [7, 11) is 0. The normalized spacial score (nSPS) is 10.3. The van der Waals surface area contributed by atoms with Gasteiger partial charge in [0.15, 0.2) is 0 Å². The zero-order valence-corrected chi connectivity index (χ0v) is 15.0. The van der Waals surface area contributed by atoms with Crippen LogP contribution in [0.15, 0.2) is 54.6 Å². The molecule has 0 atom stereocenters. The quantitative estimate of drug-likeness (QED) is 0.665. The number of ether oxygens (including phenoxy) is 1. The van der Waals surface area contributed by atoms with E-state index in [2.05, 4.69) is 20.6 Å². The van der Waals surface area contributed by atoms with Crippen LogP contribution in [0.5, 0.6) is 11.8 Å². The van der Waals surface area contributed by atoms with Crippen molar-refractivity contribution < 1.29 is 9.53 Å². The summed E-state index contributed by atoms with van der Waals surface area (Å²) in [5, 5.41) is 6.01. The van der Waals surface area contributed by atoms with E-state index in [4.69, 9.17) is 16.3 Å². The number of urea groups is 1. The second-order valence-electron chi connectivity index (χ2n) is 5.65. The standard InChI is InChI=1S/C19H17ClN4O2/c1-12-9-13(2)22-19(21-12)26-17-8-4-7-16(11-17)24-18(25)23-15-6-3-5-14(20)10-15/h3-11H,1-2H3,(H2,23,24,25). The number of amides is 2. The number of benzene rings is 2. The molecule has 0 aliphatic rings. The lowest BCUT2D eigenvalue weighted by atomic mass is 10.3. The van der Waals surface area contributed by atoms with Crippen molar-refractivity contribution in [3.8, 4) is 11.8 Å². The molecule has 0 aliphatic carbocycles. The minimum atomic E-state index is -0.382. The van der Waals surface area contributed by atoms with Gasteiger partial charge in [-0.1, -0.05) is 23.7 Å². The molecule has 2 amide bonds. The number of carbonyl (C=O) groups excluding carboxylic acids is 1.